The van der Waals surface area contributed by atoms with Gasteiger partial charge in [-0.3, -0.25) is 4.90 Å². The lowest BCUT2D eigenvalue weighted by Gasteiger charge is -2.27. The van der Waals surface area contributed by atoms with Gasteiger partial charge in [-0.2, -0.15) is 0 Å². The van der Waals surface area contributed by atoms with Crippen molar-refractivity contribution in [1.82, 2.24) is 4.90 Å². The summed E-state index contributed by atoms with van der Waals surface area (Å²) in [5.41, 5.74) is 7.80. The number of halogens is 1. The number of hydrogen-bond acceptors (Lipinski definition) is 3. The first-order valence-electron chi connectivity index (χ1n) is 5.93. The van der Waals surface area contributed by atoms with E-state index in [0.29, 0.717) is 12.1 Å². The van der Waals surface area contributed by atoms with Gasteiger partial charge in [0.25, 0.3) is 0 Å². The van der Waals surface area contributed by atoms with Crippen molar-refractivity contribution >= 4 is 21.6 Å². The van der Waals surface area contributed by atoms with E-state index in [1.807, 2.05) is 12.1 Å². The molecule has 1 aromatic carbocycles. The maximum atomic E-state index is 5.74. The zero-order chi connectivity index (χ0) is 12.4. The summed E-state index contributed by atoms with van der Waals surface area (Å²) in [6, 6.07) is 6.50. The predicted molar refractivity (Wildman–Crippen MR) is 73.8 cm³/mol. The van der Waals surface area contributed by atoms with Gasteiger partial charge >= 0.3 is 0 Å². The molecule has 1 saturated heterocycles. The zero-order valence-corrected chi connectivity index (χ0v) is 11.9. The molecule has 4 heteroatoms. The fourth-order valence-electron chi connectivity index (χ4n) is 2.38. The van der Waals surface area contributed by atoms with E-state index >= 15 is 0 Å². The van der Waals surface area contributed by atoms with Crippen LogP contribution in [0.25, 0.3) is 0 Å². The molecule has 0 aromatic heterocycles. The number of nitrogens with two attached hydrogens (primary N) is 1. The molecule has 1 fully saturated rings. The normalized spacial score (nSPS) is 24.5. The lowest BCUT2D eigenvalue weighted by Crippen LogP contribution is -2.36. The Morgan fingerprint density at radius 2 is 2.29 bits per heavy atom. The minimum Gasteiger partial charge on any atom is -0.399 e. The Hall–Kier alpha value is -0.580. The third-order valence-corrected chi connectivity index (χ3v) is 4.14. The minimum absolute atomic E-state index is 0.326. The number of anilines is 1. The Bertz CT molecular complexity index is 397. The van der Waals surface area contributed by atoms with Crippen LogP contribution in [0.2, 0.25) is 0 Å². The number of rotatable bonds is 3. The number of likely N-dealkylation sites (N-methyl/N-ethyl adjacent to an activating group) is 1. The Kier molecular flexibility index (Phi) is 4.07. The second kappa shape index (κ2) is 5.38. The third kappa shape index (κ3) is 3.00. The summed E-state index contributed by atoms with van der Waals surface area (Å²) >= 11 is 3.56. The number of hydrogen-bond donors (Lipinski definition) is 1. The van der Waals surface area contributed by atoms with Gasteiger partial charge in [-0.15, -0.1) is 0 Å². The average molecular weight is 299 g/mol. The van der Waals surface area contributed by atoms with Gasteiger partial charge in [-0.1, -0.05) is 22.0 Å². The van der Waals surface area contributed by atoms with E-state index < -0.39 is 0 Å². The monoisotopic (exact) mass is 298 g/mol. The number of benzene rings is 1. The van der Waals surface area contributed by atoms with E-state index in [0.717, 1.165) is 29.7 Å². The summed E-state index contributed by atoms with van der Waals surface area (Å²) in [4.78, 5) is 2.36. The number of nitrogen functional groups attached to an aromatic ring is 1. The Morgan fingerprint density at radius 3 is 2.88 bits per heavy atom. The molecule has 2 rings (SSSR count). The third-order valence-electron chi connectivity index (χ3n) is 3.40. The molecule has 1 aromatic rings. The number of ether oxygens (including phenoxy) is 1. The van der Waals surface area contributed by atoms with E-state index in [-0.39, 0.29) is 0 Å². The molecule has 2 unspecified atom stereocenters. The molecule has 2 N–H and O–H groups in total. The van der Waals surface area contributed by atoms with Crippen molar-refractivity contribution in [2.45, 2.75) is 32.0 Å². The molecule has 2 atom stereocenters. The van der Waals surface area contributed by atoms with Crippen molar-refractivity contribution in [2.24, 2.45) is 0 Å². The highest BCUT2D eigenvalue weighted by molar-refractivity contribution is 9.10. The Labute approximate surface area is 111 Å². The quantitative estimate of drug-likeness (QED) is 0.872. The molecule has 0 amide bonds. The summed E-state index contributed by atoms with van der Waals surface area (Å²) in [6.45, 7) is 3.94. The molecule has 0 saturated carbocycles. The van der Waals surface area contributed by atoms with Crippen LogP contribution in [-0.2, 0) is 11.3 Å². The van der Waals surface area contributed by atoms with Crippen LogP contribution >= 0.6 is 15.9 Å². The van der Waals surface area contributed by atoms with E-state index in [1.165, 1.54) is 5.56 Å². The van der Waals surface area contributed by atoms with E-state index in [4.69, 9.17) is 10.5 Å². The molecule has 0 aliphatic carbocycles. The Balaban J connectivity index is 2.04. The summed E-state index contributed by atoms with van der Waals surface area (Å²) in [5, 5.41) is 0. The van der Waals surface area contributed by atoms with Gasteiger partial charge in [-0.25, -0.2) is 0 Å². The van der Waals surface area contributed by atoms with Gasteiger partial charge in [0.15, 0.2) is 0 Å². The minimum atomic E-state index is 0.326. The first kappa shape index (κ1) is 12.9. The highest BCUT2D eigenvalue weighted by atomic mass is 79.9. The van der Waals surface area contributed by atoms with E-state index in [2.05, 4.69) is 40.9 Å². The van der Waals surface area contributed by atoms with Crippen LogP contribution in [0.5, 0.6) is 0 Å². The summed E-state index contributed by atoms with van der Waals surface area (Å²) in [6.07, 6.45) is 1.44. The first-order valence-corrected chi connectivity index (χ1v) is 6.73. The van der Waals surface area contributed by atoms with Gasteiger partial charge in [0, 0.05) is 29.4 Å². The highest BCUT2D eigenvalue weighted by Gasteiger charge is 2.27. The molecular weight excluding hydrogens is 280 g/mol. The van der Waals surface area contributed by atoms with Crippen LogP contribution in [0.4, 0.5) is 5.69 Å². The largest absolute Gasteiger partial charge is 0.399 e. The van der Waals surface area contributed by atoms with Crippen LogP contribution in [0, 0.1) is 0 Å². The van der Waals surface area contributed by atoms with Crippen molar-refractivity contribution in [3.63, 3.8) is 0 Å². The van der Waals surface area contributed by atoms with E-state index in [1.54, 1.807) is 0 Å². The van der Waals surface area contributed by atoms with Gasteiger partial charge in [0.05, 0.1) is 6.10 Å². The van der Waals surface area contributed by atoms with Gasteiger partial charge in [0.2, 0.25) is 0 Å². The zero-order valence-electron chi connectivity index (χ0n) is 10.3. The SMILES string of the molecule is CC1OCCC1N(C)Cc1ccc(N)cc1Br. The molecule has 1 heterocycles. The summed E-state index contributed by atoms with van der Waals surface area (Å²) in [5.74, 6) is 0. The molecule has 0 spiro atoms. The smallest absolute Gasteiger partial charge is 0.0703 e. The van der Waals surface area contributed by atoms with Crippen molar-refractivity contribution in [3.05, 3.63) is 28.2 Å². The lowest BCUT2D eigenvalue weighted by atomic mass is 10.1. The van der Waals surface area contributed by atoms with Crippen molar-refractivity contribution in [3.8, 4) is 0 Å². The topological polar surface area (TPSA) is 38.5 Å². The average Bonchev–Trinajstić information content (AvgIpc) is 2.68. The van der Waals surface area contributed by atoms with Gasteiger partial charge < -0.3 is 10.5 Å². The molecule has 0 radical (unpaired) electrons. The predicted octanol–water partition coefficient (Wildman–Crippen LogP) is 2.64. The van der Waals surface area contributed by atoms with Gasteiger partial charge in [0.1, 0.15) is 0 Å². The molecule has 94 valence electrons. The van der Waals surface area contributed by atoms with Crippen LogP contribution in [-0.4, -0.2) is 30.7 Å². The Morgan fingerprint density at radius 1 is 1.53 bits per heavy atom. The van der Waals surface area contributed by atoms with Crippen LogP contribution in [0.15, 0.2) is 22.7 Å². The first-order chi connectivity index (χ1) is 8.08. The molecular formula is C13H19BrN2O. The summed E-state index contributed by atoms with van der Waals surface area (Å²) < 4.78 is 6.68. The maximum Gasteiger partial charge on any atom is 0.0703 e. The highest BCUT2D eigenvalue weighted by Crippen LogP contribution is 2.24. The summed E-state index contributed by atoms with van der Waals surface area (Å²) in [7, 11) is 2.15. The maximum absolute atomic E-state index is 5.74. The molecule has 17 heavy (non-hydrogen) atoms. The van der Waals surface area contributed by atoms with E-state index in [9.17, 15) is 0 Å². The van der Waals surface area contributed by atoms with Crippen molar-refractivity contribution in [2.75, 3.05) is 19.4 Å². The number of nitrogens with zero attached hydrogens (tertiary/aromatic N) is 1. The molecule has 3 nitrogen and oxygen atoms in total. The standard InChI is InChI=1S/C13H19BrN2O/c1-9-13(5-6-17-9)16(2)8-10-3-4-11(15)7-12(10)14/h3-4,7,9,13H,5-6,8,15H2,1-2H3. The second-order valence-corrected chi connectivity index (χ2v) is 5.55. The molecule has 0 bridgehead atoms. The fraction of sp³-hybridized carbons (Fsp3) is 0.538. The molecule has 1 aliphatic heterocycles. The van der Waals surface area contributed by atoms with Gasteiger partial charge in [-0.05, 0) is 38.1 Å². The lowest BCUT2D eigenvalue weighted by molar-refractivity contribution is 0.0814. The fourth-order valence-corrected chi connectivity index (χ4v) is 2.90. The van der Waals surface area contributed by atoms with Crippen LogP contribution in [0.1, 0.15) is 18.9 Å². The van der Waals surface area contributed by atoms with Crippen LogP contribution < -0.4 is 5.73 Å². The van der Waals surface area contributed by atoms with Crippen molar-refractivity contribution in [1.29, 1.82) is 0 Å². The van der Waals surface area contributed by atoms with Crippen molar-refractivity contribution < 1.29 is 4.74 Å². The second-order valence-electron chi connectivity index (χ2n) is 4.70. The molecule has 1 aliphatic rings. The van der Waals surface area contributed by atoms with Crippen LogP contribution in [0.3, 0.4) is 0 Å².